The Labute approximate surface area is 95.8 Å². The van der Waals surface area contributed by atoms with Crippen molar-refractivity contribution in [3.63, 3.8) is 0 Å². The second-order valence-electron chi connectivity index (χ2n) is 3.98. The molecule has 0 amide bonds. The summed E-state index contributed by atoms with van der Waals surface area (Å²) in [6.45, 7) is 2.03. The minimum absolute atomic E-state index is 0.197. The fourth-order valence-electron chi connectivity index (χ4n) is 1.62. The van der Waals surface area contributed by atoms with Gasteiger partial charge in [-0.3, -0.25) is 10.1 Å². The van der Waals surface area contributed by atoms with Crippen LogP contribution in [0.2, 0.25) is 0 Å². The van der Waals surface area contributed by atoms with E-state index in [0.717, 1.165) is 12.0 Å². The Kier molecular flexibility index (Phi) is 4.92. The van der Waals surface area contributed by atoms with Crippen molar-refractivity contribution in [3.05, 3.63) is 46.0 Å². The minimum atomic E-state index is -0.586. The molecule has 0 aromatic heterocycles. The molecule has 1 rings (SSSR count). The van der Waals surface area contributed by atoms with Crippen molar-refractivity contribution in [2.75, 3.05) is 7.05 Å². The Balaban J connectivity index is 2.66. The average Bonchev–Trinajstić information content (AvgIpc) is 2.30. The molecule has 88 valence electrons. The van der Waals surface area contributed by atoms with Crippen LogP contribution in [-0.4, -0.2) is 18.0 Å². The standard InChI is InChI=1S/C12H18N2O2/c1-10(13-2)8-9-12(14(15)16)11-6-4-3-5-7-11/h3-7,10,12-13H,8-9H2,1-2H3. The number of benzene rings is 1. The molecule has 4 heteroatoms. The van der Waals surface area contributed by atoms with Gasteiger partial charge in [0.1, 0.15) is 0 Å². The number of rotatable bonds is 6. The van der Waals surface area contributed by atoms with Crippen molar-refractivity contribution < 1.29 is 4.92 Å². The summed E-state index contributed by atoms with van der Waals surface area (Å²) in [5, 5.41) is 14.1. The number of hydrogen-bond donors (Lipinski definition) is 1. The van der Waals surface area contributed by atoms with Crippen molar-refractivity contribution in [1.29, 1.82) is 0 Å². The Bertz CT molecular complexity index is 327. The monoisotopic (exact) mass is 222 g/mol. The molecule has 1 aromatic rings. The van der Waals surface area contributed by atoms with E-state index in [4.69, 9.17) is 0 Å². The molecule has 16 heavy (non-hydrogen) atoms. The van der Waals surface area contributed by atoms with E-state index < -0.39 is 6.04 Å². The molecule has 0 aliphatic heterocycles. The number of nitrogens with one attached hydrogen (secondary N) is 1. The van der Waals surface area contributed by atoms with Gasteiger partial charge in [-0.1, -0.05) is 30.3 Å². The van der Waals surface area contributed by atoms with Crippen LogP contribution in [0, 0.1) is 10.1 Å². The summed E-state index contributed by atoms with van der Waals surface area (Å²) >= 11 is 0. The van der Waals surface area contributed by atoms with Crippen LogP contribution in [-0.2, 0) is 0 Å². The predicted octanol–water partition coefficient (Wildman–Crippen LogP) is 2.39. The predicted molar refractivity (Wildman–Crippen MR) is 63.9 cm³/mol. The summed E-state index contributed by atoms with van der Waals surface area (Å²) in [6.07, 6.45) is 1.37. The third kappa shape index (κ3) is 3.62. The molecular weight excluding hydrogens is 204 g/mol. The largest absolute Gasteiger partial charge is 0.317 e. The van der Waals surface area contributed by atoms with Crippen LogP contribution in [0.25, 0.3) is 0 Å². The molecule has 0 spiro atoms. The van der Waals surface area contributed by atoms with Crippen LogP contribution in [0.4, 0.5) is 0 Å². The van der Waals surface area contributed by atoms with Crippen molar-refractivity contribution in [1.82, 2.24) is 5.32 Å². The highest BCUT2D eigenvalue weighted by molar-refractivity contribution is 5.17. The fraction of sp³-hybridized carbons (Fsp3) is 0.500. The van der Waals surface area contributed by atoms with Gasteiger partial charge in [0, 0.05) is 22.9 Å². The van der Waals surface area contributed by atoms with Crippen molar-refractivity contribution in [3.8, 4) is 0 Å². The lowest BCUT2D eigenvalue weighted by atomic mass is 10.0. The van der Waals surface area contributed by atoms with Crippen LogP contribution in [0.1, 0.15) is 31.4 Å². The molecule has 0 aliphatic carbocycles. The van der Waals surface area contributed by atoms with Gasteiger partial charge in [0.2, 0.25) is 6.04 Å². The van der Waals surface area contributed by atoms with Crippen LogP contribution in [0.15, 0.2) is 30.3 Å². The maximum Gasteiger partial charge on any atom is 0.238 e. The third-order valence-corrected chi connectivity index (χ3v) is 2.80. The summed E-state index contributed by atoms with van der Waals surface area (Å²) in [5.41, 5.74) is 0.788. The molecule has 0 heterocycles. The molecule has 0 fully saturated rings. The van der Waals surface area contributed by atoms with Gasteiger partial charge in [-0.15, -0.1) is 0 Å². The van der Waals surface area contributed by atoms with Gasteiger partial charge < -0.3 is 5.32 Å². The summed E-state index contributed by atoms with van der Waals surface area (Å²) in [5.74, 6) is 0. The van der Waals surface area contributed by atoms with E-state index in [1.54, 1.807) is 0 Å². The highest BCUT2D eigenvalue weighted by Gasteiger charge is 2.22. The van der Waals surface area contributed by atoms with Crippen LogP contribution >= 0.6 is 0 Å². The van der Waals surface area contributed by atoms with Gasteiger partial charge in [0.15, 0.2) is 0 Å². The van der Waals surface area contributed by atoms with Gasteiger partial charge in [0.05, 0.1) is 0 Å². The van der Waals surface area contributed by atoms with E-state index >= 15 is 0 Å². The highest BCUT2D eigenvalue weighted by atomic mass is 16.6. The Morgan fingerprint density at radius 2 is 1.94 bits per heavy atom. The van der Waals surface area contributed by atoms with Crippen LogP contribution in [0.3, 0.4) is 0 Å². The maximum absolute atomic E-state index is 11.0. The van der Waals surface area contributed by atoms with E-state index in [-0.39, 0.29) is 4.92 Å². The number of nitrogens with zero attached hydrogens (tertiary/aromatic N) is 1. The van der Waals surface area contributed by atoms with Crippen LogP contribution < -0.4 is 5.32 Å². The van der Waals surface area contributed by atoms with E-state index in [1.807, 2.05) is 44.3 Å². The fourth-order valence-corrected chi connectivity index (χ4v) is 1.62. The van der Waals surface area contributed by atoms with Gasteiger partial charge in [0.25, 0.3) is 0 Å². The molecule has 4 nitrogen and oxygen atoms in total. The average molecular weight is 222 g/mol. The van der Waals surface area contributed by atoms with Crippen molar-refractivity contribution >= 4 is 0 Å². The molecule has 0 aliphatic rings. The first-order valence-electron chi connectivity index (χ1n) is 5.51. The summed E-state index contributed by atoms with van der Waals surface area (Å²) < 4.78 is 0. The molecule has 0 radical (unpaired) electrons. The van der Waals surface area contributed by atoms with Gasteiger partial charge in [-0.05, 0) is 20.4 Å². The molecule has 1 N–H and O–H groups in total. The first kappa shape index (κ1) is 12.6. The minimum Gasteiger partial charge on any atom is -0.317 e. The second-order valence-corrected chi connectivity index (χ2v) is 3.98. The normalized spacial score (nSPS) is 14.4. The van der Waals surface area contributed by atoms with Crippen molar-refractivity contribution in [2.24, 2.45) is 0 Å². The number of hydrogen-bond acceptors (Lipinski definition) is 3. The Morgan fingerprint density at radius 1 is 1.31 bits per heavy atom. The zero-order chi connectivity index (χ0) is 12.0. The Morgan fingerprint density at radius 3 is 2.44 bits per heavy atom. The summed E-state index contributed by atoms with van der Waals surface area (Å²) in [6, 6.07) is 8.91. The maximum atomic E-state index is 11.0. The van der Waals surface area contributed by atoms with E-state index in [9.17, 15) is 10.1 Å². The van der Waals surface area contributed by atoms with Gasteiger partial charge >= 0.3 is 0 Å². The van der Waals surface area contributed by atoms with Crippen molar-refractivity contribution in [2.45, 2.75) is 31.8 Å². The molecule has 0 saturated heterocycles. The third-order valence-electron chi connectivity index (χ3n) is 2.80. The first-order valence-corrected chi connectivity index (χ1v) is 5.51. The SMILES string of the molecule is CNC(C)CCC(c1ccccc1)[N+](=O)[O-]. The molecule has 0 saturated carbocycles. The lowest BCUT2D eigenvalue weighted by Gasteiger charge is -2.13. The summed E-state index contributed by atoms with van der Waals surface area (Å²) in [4.78, 5) is 10.8. The molecule has 1 aromatic carbocycles. The topological polar surface area (TPSA) is 55.2 Å². The van der Waals surface area contributed by atoms with E-state index in [2.05, 4.69) is 5.32 Å². The zero-order valence-electron chi connectivity index (χ0n) is 9.72. The molecule has 2 unspecified atom stereocenters. The van der Waals surface area contributed by atoms with Gasteiger partial charge in [-0.2, -0.15) is 0 Å². The Hall–Kier alpha value is -1.42. The summed E-state index contributed by atoms with van der Waals surface area (Å²) in [7, 11) is 1.87. The molecule has 0 bridgehead atoms. The first-order chi connectivity index (χ1) is 7.65. The quantitative estimate of drug-likeness (QED) is 0.594. The van der Waals surface area contributed by atoms with E-state index in [0.29, 0.717) is 12.5 Å². The zero-order valence-corrected chi connectivity index (χ0v) is 9.72. The van der Waals surface area contributed by atoms with Crippen LogP contribution in [0.5, 0.6) is 0 Å². The smallest absolute Gasteiger partial charge is 0.238 e. The van der Waals surface area contributed by atoms with E-state index in [1.165, 1.54) is 0 Å². The van der Waals surface area contributed by atoms with Gasteiger partial charge in [-0.25, -0.2) is 0 Å². The number of nitro groups is 1. The lowest BCUT2D eigenvalue weighted by Crippen LogP contribution is -2.23. The lowest BCUT2D eigenvalue weighted by molar-refractivity contribution is -0.530. The highest BCUT2D eigenvalue weighted by Crippen LogP contribution is 2.22. The second kappa shape index (κ2) is 6.23. The molecular formula is C12H18N2O2. The molecule has 2 atom stereocenters.